The van der Waals surface area contributed by atoms with E-state index in [0.717, 1.165) is 31.9 Å². The number of hydrogen-bond donors (Lipinski definition) is 2. The Morgan fingerprint density at radius 1 is 1.40 bits per heavy atom. The van der Waals surface area contributed by atoms with Gasteiger partial charge >= 0.3 is 0 Å². The summed E-state index contributed by atoms with van der Waals surface area (Å²) in [4.78, 5) is 6.32. The van der Waals surface area contributed by atoms with Crippen molar-refractivity contribution in [1.29, 1.82) is 0 Å². The van der Waals surface area contributed by atoms with Gasteiger partial charge in [-0.3, -0.25) is 0 Å². The van der Waals surface area contributed by atoms with E-state index in [2.05, 4.69) is 29.0 Å². The Balaban J connectivity index is 2.31. The van der Waals surface area contributed by atoms with E-state index >= 15 is 0 Å². The molecular weight excluding hydrogens is 188 g/mol. The summed E-state index contributed by atoms with van der Waals surface area (Å²) in [5.74, 6) is 0.558. The Bertz CT molecular complexity index is 284. The van der Waals surface area contributed by atoms with Crippen molar-refractivity contribution in [3.05, 3.63) is 18.3 Å². The summed E-state index contributed by atoms with van der Waals surface area (Å²) >= 11 is 0. The molecule has 1 heterocycles. The Labute approximate surface area is 91.5 Å². The third-order valence-electron chi connectivity index (χ3n) is 2.43. The quantitative estimate of drug-likeness (QED) is 0.742. The summed E-state index contributed by atoms with van der Waals surface area (Å²) in [7, 11) is 0. The number of nitrogens with two attached hydrogens (primary N) is 1. The van der Waals surface area contributed by atoms with E-state index in [-0.39, 0.29) is 0 Å². The van der Waals surface area contributed by atoms with Crippen molar-refractivity contribution in [2.45, 2.75) is 13.8 Å². The van der Waals surface area contributed by atoms with Gasteiger partial charge in [-0.05, 0) is 19.2 Å². The normalized spacial score (nSPS) is 10.6. The molecule has 0 aliphatic rings. The number of anilines is 2. The summed E-state index contributed by atoms with van der Waals surface area (Å²) in [6.45, 7) is 8.52. The highest BCUT2D eigenvalue weighted by molar-refractivity contribution is 5.49. The van der Waals surface area contributed by atoms with Crippen LogP contribution < -0.4 is 11.1 Å². The molecule has 1 rings (SSSR count). The van der Waals surface area contributed by atoms with Gasteiger partial charge in [0.05, 0.1) is 0 Å². The highest BCUT2D eigenvalue weighted by Crippen LogP contribution is 2.08. The molecule has 0 aliphatic carbocycles. The molecule has 0 fully saturated rings. The molecule has 15 heavy (non-hydrogen) atoms. The van der Waals surface area contributed by atoms with Gasteiger partial charge in [0, 0.05) is 31.0 Å². The maximum absolute atomic E-state index is 5.58. The van der Waals surface area contributed by atoms with Crippen molar-refractivity contribution in [1.82, 2.24) is 9.88 Å². The molecular formula is C11H20N4. The molecule has 1 aromatic heterocycles. The lowest BCUT2D eigenvalue weighted by Crippen LogP contribution is -2.28. The van der Waals surface area contributed by atoms with Crippen LogP contribution in [0.1, 0.15) is 13.8 Å². The van der Waals surface area contributed by atoms with E-state index in [1.807, 2.05) is 12.1 Å². The van der Waals surface area contributed by atoms with E-state index in [4.69, 9.17) is 5.73 Å². The summed E-state index contributed by atoms with van der Waals surface area (Å²) in [5.41, 5.74) is 6.62. The molecule has 4 nitrogen and oxygen atoms in total. The molecule has 0 radical (unpaired) electrons. The molecule has 0 saturated carbocycles. The Morgan fingerprint density at radius 2 is 2.13 bits per heavy atom. The molecule has 4 heteroatoms. The van der Waals surface area contributed by atoms with Crippen molar-refractivity contribution in [3.63, 3.8) is 0 Å². The molecule has 0 amide bonds. The predicted octanol–water partition coefficient (Wildman–Crippen LogP) is 1.42. The van der Waals surface area contributed by atoms with Crippen LogP contribution in [0, 0.1) is 0 Å². The molecule has 0 unspecified atom stereocenters. The smallest absolute Gasteiger partial charge is 0.125 e. The van der Waals surface area contributed by atoms with Gasteiger partial charge in [-0.15, -0.1) is 0 Å². The second-order valence-corrected chi connectivity index (χ2v) is 3.42. The standard InChI is InChI=1S/C11H20N4/c1-3-15(4-2)8-7-13-10-5-6-14-11(12)9-10/h5-6,9H,3-4,7-8H2,1-2H3,(H3,12,13,14). The number of hydrogen-bond acceptors (Lipinski definition) is 4. The zero-order valence-electron chi connectivity index (χ0n) is 9.53. The number of rotatable bonds is 6. The molecule has 84 valence electrons. The Hall–Kier alpha value is -1.29. The lowest BCUT2D eigenvalue weighted by molar-refractivity contribution is 0.316. The number of aromatic nitrogens is 1. The first kappa shape index (κ1) is 11.8. The first-order valence-electron chi connectivity index (χ1n) is 5.44. The van der Waals surface area contributed by atoms with Gasteiger partial charge in [-0.25, -0.2) is 4.98 Å². The lowest BCUT2D eigenvalue weighted by Gasteiger charge is -2.18. The number of pyridine rings is 1. The average Bonchev–Trinajstić information content (AvgIpc) is 2.25. The van der Waals surface area contributed by atoms with E-state index in [1.165, 1.54) is 0 Å². The summed E-state index contributed by atoms with van der Waals surface area (Å²) < 4.78 is 0. The highest BCUT2D eigenvalue weighted by Gasteiger charge is 1.98. The summed E-state index contributed by atoms with van der Waals surface area (Å²) in [6, 6.07) is 3.78. The number of likely N-dealkylation sites (N-methyl/N-ethyl adjacent to an activating group) is 1. The molecule has 0 bridgehead atoms. The van der Waals surface area contributed by atoms with Crippen LogP contribution in [0.25, 0.3) is 0 Å². The van der Waals surface area contributed by atoms with Crippen molar-refractivity contribution < 1.29 is 0 Å². The molecule has 0 spiro atoms. The minimum atomic E-state index is 0.558. The van der Waals surface area contributed by atoms with Gasteiger partial charge in [0.2, 0.25) is 0 Å². The second-order valence-electron chi connectivity index (χ2n) is 3.42. The molecule has 0 atom stereocenters. The molecule has 1 aromatic rings. The van der Waals surface area contributed by atoms with Crippen molar-refractivity contribution >= 4 is 11.5 Å². The van der Waals surface area contributed by atoms with Crippen LogP contribution in [0.3, 0.4) is 0 Å². The van der Waals surface area contributed by atoms with E-state index in [1.54, 1.807) is 6.20 Å². The van der Waals surface area contributed by atoms with Crippen molar-refractivity contribution in [2.24, 2.45) is 0 Å². The summed E-state index contributed by atoms with van der Waals surface area (Å²) in [6.07, 6.45) is 1.72. The fraction of sp³-hybridized carbons (Fsp3) is 0.545. The third-order valence-corrected chi connectivity index (χ3v) is 2.43. The maximum Gasteiger partial charge on any atom is 0.125 e. The molecule has 0 aromatic carbocycles. The van der Waals surface area contributed by atoms with Crippen LogP contribution in [0.4, 0.5) is 11.5 Å². The van der Waals surface area contributed by atoms with E-state index < -0.39 is 0 Å². The fourth-order valence-corrected chi connectivity index (χ4v) is 1.46. The molecule has 3 N–H and O–H groups in total. The van der Waals surface area contributed by atoms with Crippen LogP contribution >= 0.6 is 0 Å². The molecule has 0 aliphatic heterocycles. The maximum atomic E-state index is 5.58. The Morgan fingerprint density at radius 3 is 2.73 bits per heavy atom. The molecule has 0 saturated heterocycles. The largest absolute Gasteiger partial charge is 0.384 e. The zero-order valence-corrected chi connectivity index (χ0v) is 9.53. The van der Waals surface area contributed by atoms with Crippen LogP contribution in [-0.2, 0) is 0 Å². The average molecular weight is 208 g/mol. The fourth-order valence-electron chi connectivity index (χ4n) is 1.46. The number of nitrogens with zero attached hydrogens (tertiary/aromatic N) is 2. The third kappa shape index (κ3) is 4.16. The van der Waals surface area contributed by atoms with E-state index in [9.17, 15) is 0 Å². The lowest BCUT2D eigenvalue weighted by atomic mass is 10.3. The van der Waals surface area contributed by atoms with Gasteiger partial charge < -0.3 is 16.0 Å². The van der Waals surface area contributed by atoms with Gasteiger partial charge in [0.15, 0.2) is 0 Å². The highest BCUT2D eigenvalue weighted by atomic mass is 15.1. The van der Waals surface area contributed by atoms with Crippen molar-refractivity contribution in [3.8, 4) is 0 Å². The number of nitrogens with one attached hydrogen (secondary N) is 1. The second kappa shape index (κ2) is 6.24. The minimum Gasteiger partial charge on any atom is -0.384 e. The first-order chi connectivity index (χ1) is 7.26. The van der Waals surface area contributed by atoms with Gasteiger partial charge in [0.25, 0.3) is 0 Å². The Kier molecular flexibility index (Phi) is 4.90. The zero-order chi connectivity index (χ0) is 11.1. The monoisotopic (exact) mass is 208 g/mol. The minimum absolute atomic E-state index is 0.558. The van der Waals surface area contributed by atoms with Crippen molar-refractivity contribution in [2.75, 3.05) is 37.2 Å². The summed E-state index contributed by atoms with van der Waals surface area (Å²) in [5, 5.41) is 3.32. The first-order valence-corrected chi connectivity index (χ1v) is 5.44. The SMILES string of the molecule is CCN(CC)CCNc1ccnc(N)c1. The van der Waals surface area contributed by atoms with Crippen LogP contribution in [-0.4, -0.2) is 36.1 Å². The topological polar surface area (TPSA) is 54.2 Å². The van der Waals surface area contributed by atoms with Gasteiger partial charge in [-0.1, -0.05) is 13.8 Å². The van der Waals surface area contributed by atoms with Gasteiger partial charge in [0.1, 0.15) is 5.82 Å². The van der Waals surface area contributed by atoms with E-state index in [0.29, 0.717) is 5.82 Å². The van der Waals surface area contributed by atoms with Gasteiger partial charge in [-0.2, -0.15) is 0 Å². The van der Waals surface area contributed by atoms with Crippen LogP contribution in [0.5, 0.6) is 0 Å². The number of nitrogen functional groups attached to an aromatic ring is 1. The predicted molar refractivity (Wildman–Crippen MR) is 64.9 cm³/mol. The van der Waals surface area contributed by atoms with Crippen LogP contribution in [0.15, 0.2) is 18.3 Å². The van der Waals surface area contributed by atoms with Crippen LogP contribution in [0.2, 0.25) is 0 Å².